The molecule has 0 spiro atoms. The van der Waals surface area contributed by atoms with Crippen LogP contribution in [-0.2, 0) is 6.42 Å². The van der Waals surface area contributed by atoms with Gasteiger partial charge in [-0.05, 0) is 61.5 Å². The lowest BCUT2D eigenvalue weighted by atomic mass is 10.0. The van der Waals surface area contributed by atoms with Gasteiger partial charge in [-0.3, -0.25) is 0 Å². The molecule has 2 aromatic carbocycles. The Morgan fingerprint density at radius 1 is 1.12 bits per heavy atom. The molecule has 25 heavy (non-hydrogen) atoms. The minimum atomic E-state index is -2.72. The smallest absolute Gasteiger partial charge is 0.160 e. The predicted molar refractivity (Wildman–Crippen MR) is 99.8 cm³/mol. The maximum Gasteiger partial charge on any atom is 0.160 e. The van der Waals surface area contributed by atoms with Crippen molar-refractivity contribution in [2.45, 2.75) is 38.6 Å². The second-order valence-electron chi connectivity index (χ2n) is 5.58. The molecule has 0 aliphatic rings. The minimum absolute atomic E-state index is 0.00513. The first-order valence-electron chi connectivity index (χ1n) is 10.6. The van der Waals surface area contributed by atoms with Gasteiger partial charge in [-0.25, -0.2) is 0 Å². The van der Waals surface area contributed by atoms with E-state index in [9.17, 15) is 5.11 Å². The molecule has 0 saturated heterocycles. The fourth-order valence-electron chi connectivity index (χ4n) is 2.28. The normalized spacial score (nSPS) is 17.2. The lowest BCUT2D eigenvalue weighted by Crippen LogP contribution is -2.17. The molecule has 1 unspecified atom stereocenters. The van der Waals surface area contributed by atoms with Crippen molar-refractivity contribution in [2.24, 2.45) is 0 Å². The Kier molecular flexibility index (Phi) is 5.20. The first kappa shape index (κ1) is 13.1. The summed E-state index contributed by atoms with van der Waals surface area (Å²) in [6.07, 6.45) is -5.11. The van der Waals surface area contributed by atoms with Gasteiger partial charge in [0.05, 0.1) is 24.4 Å². The van der Waals surface area contributed by atoms with Gasteiger partial charge < -0.3 is 19.3 Å². The van der Waals surface area contributed by atoms with Crippen molar-refractivity contribution in [3.63, 3.8) is 0 Å². The average molecular weight is 349 g/mol. The van der Waals surface area contributed by atoms with E-state index in [4.69, 9.17) is 21.1 Å². The molecule has 0 aromatic heterocycles. The standard InChI is InChI=1S/C21H28O4/c1-16-7-6-10-19(13-16)25-15-18(22)9-5-4-8-17-11-12-20(23-2)21(14-17)24-3/h6-7,10-14,18,22H,4-5,8-9,15H2,1-3H3/i4D2,15D2,18D. The Balaban J connectivity index is 2.05. The van der Waals surface area contributed by atoms with Crippen LogP contribution in [0.25, 0.3) is 0 Å². The number of ether oxygens (including phenoxy) is 3. The molecule has 0 radical (unpaired) electrons. The number of benzene rings is 2. The number of methoxy groups -OCH3 is 2. The van der Waals surface area contributed by atoms with Crippen LogP contribution in [0.3, 0.4) is 0 Å². The van der Waals surface area contributed by atoms with E-state index in [0.29, 0.717) is 17.1 Å². The fraction of sp³-hybridized carbons (Fsp3) is 0.429. The van der Waals surface area contributed by atoms with Gasteiger partial charge >= 0.3 is 0 Å². The Morgan fingerprint density at radius 3 is 2.64 bits per heavy atom. The topological polar surface area (TPSA) is 47.9 Å². The van der Waals surface area contributed by atoms with E-state index in [1.165, 1.54) is 20.3 Å². The summed E-state index contributed by atoms with van der Waals surface area (Å²) in [6, 6.07) is 11.7. The molecule has 0 fully saturated rings. The molecule has 0 amide bonds. The molecule has 0 aliphatic carbocycles. The molecule has 136 valence electrons. The molecule has 2 aromatic rings. The second-order valence-corrected chi connectivity index (χ2v) is 5.58. The van der Waals surface area contributed by atoms with E-state index in [-0.39, 0.29) is 18.6 Å². The Hall–Kier alpha value is -2.20. The number of aliphatic hydroxyl groups is 1. The third-order valence-electron chi connectivity index (χ3n) is 3.59. The zero-order valence-electron chi connectivity index (χ0n) is 19.8. The SMILES string of the molecule is [2H]C([2H])(CCC([2H])(O)C([2H])([2H])Oc1cccc(C)c1)Cc1ccc(OC)c(OC)c1. The van der Waals surface area contributed by atoms with Crippen LogP contribution in [0.2, 0.25) is 0 Å². The van der Waals surface area contributed by atoms with Crippen LogP contribution in [0.4, 0.5) is 0 Å². The third-order valence-corrected chi connectivity index (χ3v) is 3.59. The van der Waals surface area contributed by atoms with E-state index < -0.39 is 25.4 Å². The van der Waals surface area contributed by atoms with Crippen molar-refractivity contribution in [3.8, 4) is 17.2 Å². The van der Waals surface area contributed by atoms with Crippen molar-refractivity contribution in [1.29, 1.82) is 0 Å². The molecule has 4 nitrogen and oxygen atoms in total. The van der Waals surface area contributed by atoms with E-state index >= 15 is 0 Å². The maximum atomic E-state index is 10.4. The molecule has 4 heteroatoms. The Labute approximate surface area is 157 Å². The van der Waals surface area contributed by atoms with Crippen molar-refractivity contribution in [1.82, 2.24) is 0 Å². The first-order chi connectivity index (χ1) is 13.9. The van der Waals surface area contributed by atoms with Gasteiger partial charge in [-0.2, -0.15) is 0 Å². The van der Waals surface area contributed by atoms with Crippen molar-refractivity contribution in [3.05, 3.63) is 53.6 Å². The van der Waals surface area contributed by atoms with Crippen LogP contribution >= 0.6 is 0 Å². The monoisotopic (exact) mass is 349 g/mol. The predicted octanol–water partition coefficient (Wildman–Crippen LogP) is 4.16. The van der Waals surface area contributed by atoms with Gasteiger partial charge in [0.2, 0.25) is 0 Å². The van der Waals surface area contributed by atoms with Gasteiger partial charge in [-0.15, -0.1) is 0 Å². The van der Waals surface area contributed by atoms with Crippen LogP contribution in [0.1, 0.15) is 37.2 Å². The maximum absolute atomic E-state index is 10.4. The summed E-state index contributed by atoms with van der Waals surface area (Å²) in [5.74, 6) is 1.20. The fourth-order valence-corrected chi connectivity index (χ4v) is 2.28. The number of hydrogen-bond donors (Lipinski definition) is 1. The summed E-state index contributed by atoms with van der Waals surface area (Å²) in [4.78, 5) is 0. The van der Waals surface area contributed by atoms with Crippen molar-refractivity contribution < 1.29 is 26.2 Å². The number of aryl methyl sites for hydroxylation is 2. The highest BCUT2D eigenvalue weighted by Crippen LogP contribution is 2.28. The molecule has 1 atom stereocenters. The van der Waals surface area contributed by atoms with Gasteiger partial charge in [0.25, 0.3) is 0 Å². The summed E-state index contributed by atoms with van der Waals surface area (Å²) in [6.45, 7) is -0.905. The lowest BCUT2D eigenvalue weighted by Gasteiger charge is -2.13. The summed E-state index contributed by atoms with van der Waals surface area (Å²) < 4.78 is 56.3. The molecule has 0 heterocycles. The highest BCUT2D eigenvalue weighted by molar-refractivity contribution is 5.42. The largest absolute Gasteiger partial charge is 0.493 e. The number of rotatable bonds is 10. The zero-order chi connectivity index (χ0) is 22.6. The molecule has 0 aliphatic heterocycles. The van der Waals surface area contributed by atoms with Gasteiger partial charge in [0.1, 0.15) is 12.3 Å². The van der Waals surface area contributed by atoms with E-state index in [0.717, 1.165) is 5.56 Å². The Bertz CT molecular complexity index is 855. The molecule has 0 bridgehead atoms. The van der Waals surface area contributed by atoms with Crippen LogP contribution in [0.15, 0.2) is 42.5 Å². The highest BCUT2D eigenvalue weighted by Gasteiger charge is 2.07. The van der Waals surface area contributed by atoms with E-state index in [1.54, 1.807) is 30.3 Å². The van der Waals surface area contributed by atoms with Crippen molar-refractivity contribution in [2.75, 3.05) is 20.8 Å². The summed E-state index contributed by atoms with van der Waals surface area (Å²) in [5, 5.41) is 10.4. The van der Waals surface area contributed by atoms with Crippen LogP contribution in [0, 0.1) is 6.92 Å². The van der Waals surface area contributed by atoms with Crippen LogP contribution in [-0.4, -0.2) is 32.0 Å². The third kappa shape index (κ3) is 6.31. The average Bonchev–Trinajstić information content (AvgIpc) is 2.65. The summed E-state index contributed by atoms with van der Waals surface area (Å²) in [7, 11) is 3.01. The lowest BCUT2D eigenvalue weighted by molar-refractivity contribution is 0.0976. The minimum Gasteiger partial charge on any atom is -0.493 e. The van der Waals surface area contributed by atoms with Gasteiger partial charge in [0.15, 0.2) is 11.5 Å². The van der Waals surface area contributed by atoms with Crippen molar-refractivity contribution >= 4 is 0 Å². The molecule has 2 rings (SSSR count). The highest BCUT2D eigenvalue weighted by atomic mass is 16.5. The van der Waals surface area contributed by atoms with E-state index in [2.05, 4.69) is 0 Å². The van der Waals surface area contributed by atoms with E-state index in [1.807, 2.05) is 13.0 Å². The molecule has 0 saturated carbocycles. The zero-order valence-corrected chi connectivity index (χ0v) is 14.8. The number of hydrogen-bond acceptors (Lipinski definition) is 4. The Morgan fingerprint density at radius 2 is 1.92 bits per heavy atom. The first-order valence-corrected chi connectivity index (χ1v) is 8.08. The quantitative estimate of drug-likeness (QED) is 0.699. The molecule has 1 N–H and O–H groups in total. The molecular formula is C21H28O4. The van der Waals surface area contributed by atoms with Gasteiger partial charge in [0, 0.05) is 2.74 Å². The second kappa shape index (κ2) is 9.94. The van der Waals surface area contributed by atoms with Crippen LogP contribution < -0.4 is 14.2 Å². The summed E-state index contributed by atoms with van der Waals surface area (Å²) in [5.41, 5.74) is 1.51. The molecular weight excluding hydrogens is 316 g/mol. The summed E-state index contributed by atoms with van der Waals surface area (Å²) >= 11 is 0. The van der Waals surface area contributed by atoms with Crippen LogP contribution in [0.5, 0.6) is 17.2 Å². The van der Waals surface area contributed by atoms with Gasteiger partial charge in [-0.1, -0.05) is 24.6 Å².